The number of aromatic nitrogens is 4. The fourth-order valence-electron chi connectivity index (χ4n) is 4.55. The van der Waals surface area contributed by atoms with Crippen LogP contribution in [0.15, 0.2) is 65.6 Å². The van der Waals surface area contributed by atoms with Crippen molar-refractivity contribution < 1.29 is 4.79 Å². The third kappa shape index (κ3) is 3.82. The summed E-state index contributed by atoms with van der Waals surface area (Å²) in [5.41, 5.74) is 3.91. The van der Waals surface area contributed by atoms with Crippen molar-refractivity contribution in [3.63, 3.8) is 0 Å². The number of amides is 1. The fourth-order valence-corrected chi connectivity index (χ4v) is 4.55. The first-order valence-electron chi connectivity index (χ1n) is 10.9. The Morgan fingerprint density at radius 1 is 1.06 bits per heavy atom. The van der Waals surface area contributed by atoms with E-state index in [4.69, 9.17) is 0 Å². The lowest BCUT2D eigenvalue weighted by Crippen LogP contribution is -2.37. The van der Waals surface area contributed by atoms with Crippen molar-refractivity contribution in [2.75, 3.05) is 0 Å². The molecular formula is C25H25N5O2. The van der Waals surface area contributed by atoms with Crippen molar-refractivity contribution >= 4 is 16.7 Å². The number of nitrogens with one attached hydrogen (secondary N) is 1. The summed E-state index contributed by atoms with van der Waals surface area (Å²) >= 11 is 0. The first kappa shape index (κ1) is 20.2. The Morgan fingerprint density at radius 3 is 2.62 bits per heavy atom. The summed E-state index contributed by atoms with van der Waals surface area (Å²) in [5.74, 6) is -0.219. The minimum Gasteiger partial charge on any atom is -0.348 e. The van der Waals surface area contributed by atoms with E-state index in [-0.39, 0.29) is 24.1 Å². The van der Waals surface area contributed by atoms with Gasteiger partial charge in [0.1, 0.15) is 6.54 Å². The second-order valence-electron chi connectivity index (χ2n) is 8.30. The summed E-state index contributed by atoms with van der Waals surface area (Å²) < 4.78 is 3.29. The monoisotopic (exact) mass is 427 g/mol. The predicted molar refractivity (Wildman–Crippen MR) is 122 cm³/mol. The molecule has 2 aromatic carbocycles. The van der Waals surface area contributed by atoms with Crippen LogP contribution >= 0.6 is 0 Å². The molecule has 2 heterocycles. The van der Waals surface area contributed by atoms with Crippen molar-refractivity contribution in [1.82, 2.24) is 24.9 Å². The van der Waals surface area contributed by atoms with Crippen LogP contribution in [-0.4, -0.2) is 25.5 Å². The molecule has 162 valence electrons. The van der Waals surface area contributed by atoms with Gasteiger partial charge >= 0.3 is 0 Å². The summed E-state index contributed by atoms with van der Waals surface area (Å²) in [5, 5.41) is 13.4. The molecule has 0 bridgehead atoms. The van der Waals surface area contributed by atoms with Gasteiger partial charge in [-0.05, 0) is 37.8 Å². The van der Waals surface area contributed by atoms with Crippen LogP contribution in [0.2, 0.25) is 0 Å². The van der Waals surface area contributed by atoms with Crippen LogP contribution in [0.25, 0.3) is 10.8 Å². The third-order valence-corrected chi connectivity index (χ3v) is 6.12. The number of carbonyl (C=O) groups excluding carboxylic acids is 1. The maximum absolute atomic E-state index is 12.8. The molecule has 1 aliphatic carbocycles. The highest BCUT2D eigenvalue weighted by atomic mass is 16.2. The quantitative estimate of drug-likeness (QED) is 0.531. The van der Waals surface area contributed by atoms with E-state index in [1.54, 1.807) is 6.07 Å². The van der Waals surface area contributed by atoms with Crippen molar-refractivity contribution in [2.45, 2.75) is 45.3 Å². The van der Waals surface area contributed by atoms with E-state index in [0.29, 0.717) is 11.9 Å². The van der Waals surface area contributed by atoms with Crippen LogP contribution in [0, 0.1) is 6.92 Å². The molecule has 0 aliphatic heterocycles. The summed E-state index contributed by atoms with van der Waals surface area (Å²) in [4.78, 5) is 25.6. The number of hydrogen-bond acceptors (Lipinski definition) is 4. The third-order valence-electron chi connectivity index (χ3n) is 6.12. The lowest BCUT2D eigenvalue weighted by Gasteiger charge is -2.24. The molecule has 7 heteroatoms. The minimum absolute atomic E-state index is 0.103. The van der Waals surface area contributed by atoms with Crippen molar-refractivity contribution in [2.24, 2.45) is 0 Å². The lowest BCUT2D eigenvalue weighted by atomic mass is 9.93. The van der Waals surface area contributed by atoms with Gasteiger partial charge in [0.2, 0.25) is 5.91 Å². The number of aryl methyl sites for hydroxylation is 1. The van der Waals surface area contributed by atoms with E-state index < -0.39 is 0 Å². The molecule has 5 rings (SSSR count). The average molecular weight is 428 g/mol. The molecular weight excluding hydrogens is 402 g/mol. The van der Waals surface area contributed by atoms with E-state index in [1.807, 2.05) is 54.2 Å². The van der Waals surface area contributed by atoms with Gasteiger partial charge in [0.05, 0.1) is 29.9 Å². The van der Waals surface area contributed by atoms with Gasteiger partial charge in [-0.3, -0.25) is 14.3 Å². The van der Waals surface area contributed by atoms with Gasteiger partial charge in [-0.15, -0.1) is 0 Å². The first-order valence-corrected chi connectivity index (χ1v) is 10.9. The minimum atomic E-state index is -0.249. The Morgan fingerprint density at radius 2 is 1.81 bits per heavy atom. The van der Waals surface area contributed by atoms with E-state index in [1.165, 1.54) is 15.9 Å². The van der Waals surface area contributed by atoms with E-state index in [9.17, 15) is 9.59 Å². The normalized spacial score (nSPS) is 15.5. The summed E-state index contributed by atoms with van der Waals surface area (Å²) in [6, 6.07) is 17.5. The van der Waals surface area contributed by atoms with Gasteiger partial charge in [0.15, 0.2) is 0 Å². The predicted octanol–water partition coefficient (Wildman–Crippen LogP) is 3.14. The van der Waals surface area contributed by atoms with E-state index >= 15 is 0 Å². The second kappa shape index (κ2) is 8.42. The zero-order chi connectivity index (χ0) is 22.1. The smallest absolute Gasteiger partial charge is 0.275 e. The number of rotatable bonds is 5. The lowest BCUT2D eigenvalue weighted by molar-refractivity contribution is -0.122. The summed E-state index contributed by atoms with van der Waals surface area (Å²) in [6.45, 7) is 2.46. The maximum atomic E-state index is 12.8. The molecule has 0 saturated carbocycles. The fraction of sp³-hybridized carbons (Fsp3) is 0.280. The largest absolute Gasteiger partial charge is 0.348 e. The molecule has 0 saturated heterocycles. The Balaban J connectivity index is 1.34. The van der Waals surface area contributed by atoms with Crippen molar-refractivity contribution in [3.8, 4) is 0 Å². The number of nitrogens with zero attached hydrogens (tertiary/aromatic N) is 4. The molecule has 32 heavy (non-hydrogen) atoms. The molecule has 1 amide bonds. The first-order chi connectivity index (χ1) is 15.6. The van der Waals surface area contributed by atoms with Crippen LogP contribution < -0.4 is 10.9 Å². The van der Waals surface area contributed by atoms with E-state index in [2.05, 4.69) is 27.6 Å². The Labute approximate surface area is 185 Å². The summed E-state index contributed by atoms with van der Waals surface area (Å²) in [6.07, 6.45) is 4.65. The topological polar surface area (TPSA) is 81.8 Å². The number of carbonyl (C=O) groups is 1. The number of hydrogen-bond donors (Lipinski definition) is 1. The Bertz CT molecular complexity index is 1340. The molecule has 1 atom stereocenters. The standard InChI is InChI=1S/C25H25N5O2/c1-17-19-10-5-6-11-20(19)25(32)30(28-17)16-24(31)27-22-12-7-13-23-21(22)14-26-29(23)15-18-8-3-2-4-9-18/h2-6,8-11,14,22H,7,12-13,15-16H2,1H3,(H,27,31). The highest BCUT2D eigenvalue weighted by molar-refractivity contribution is 5.83. The maximum Gasteiger partial charge on any atom is 0.275 e. The van der Waals surface area contributed by atoms with Crippen LogP contribution in [0.3, 0.4) is 0 Å². The van der Waals surface area contributed by atoms with Crippen LogP contribution in [0.4, 0.5) is 0 Å². The highest BCUT2D eigenvalue weighted by Gasteiger charge is 2.26. The number of benzene rings is 2. The molecule has 7 nitrogen and oxygen atoms in total. The molecule has 0 spiro atoms. The van der Waals surface area contributed by atoms with Gasteiger partial charge in [-0.2, -0.15) is 10.2 Å². The Kier molecular flexibility index (Phi) is 5.31. The number of fused-ring (bicyclic) bond motifs is 2. The average Bonchev–Trinajstić information content (AvgIpc) is 3.22. The van der Waals surface area contributed by atoms with Crippen LogP contribution in [0.1, 0.15) is 41.4 Å². The van der Waals surface area contributed by atoms with Gasteiger partial charge < -0.3 is 5.32 Å². The zero-order valence-electron chi connectivity index (χ0n) is 18.0. The van der Waals surface area contributed by atoms with Gasteiger partial charge in [-0.25, -0.2) is 4.68 Å². The molecule has 1 unspecified atom stereocenters. The highest BCUT2D eigenvalue weighted by Crippen LogP contribution is 2.30. The molecule has 4 aromatic rings. The second-order valence-corrected chi connectivity index (χ2v) is 8.30. The molecule has 1 aliphatic rings. The molecule has 1 N–H and O–H groups in total. The van der Waals surface area contributed by atoms with Gasteiger partial charge in [-0.1, -0.05) is 48.5 Å². The molecule has 2 aromatic heterocycles. The molecule has 0 fully saturated rings. The van der Waals surface area contributed by atoms with Crippen molar-refractivity contribution in [1.29, 1.82) is 0 Å². The van der Waals surface area contributed by atoms with Crippen LogP contribution in [-0.2, 0) is 24.3 Å². The van der Waals surface area contributed by atoms with E-state index in [0.717, 1.165) is 35.9 Å². The Hall–Kier alpha value is -3.74. The SMILES string of the molecule is Cc1nn(CC(=O)NC2CCCc3c2cnn3Cc2ccccc2)c(=O)c2ccccc12. The molecule has 0 radical (unpaired) electrons. The van der Waals surface area contributed by atoms with Crippen molar-refractivity contribution in [3.05, 3.63) is 93.7 Å². The van der Waals surface area contributed by atoms with Gasteiger partial charge in [0.25, 0.3) is 5.56 Å². The van der Waals surface area contributed by atoms with Gasteiger partial charge in [0, 0.05) is 16.6 Å². The summed E-state index contributed by atoms with van der Waals surface area (Å²) in [7, 11) is 0. The zero-order valence-corrected chi connectivity index (χ0v) is 18.0. The van der Waals surface area contributed by atoms with Crippen LogP contribution in [0.5, 0.6) is 0 Å².